The van der Waals surface area contributed by atoms with Crippen molar-refractivity contribution in [2.45, 2.75) is 270 Å². The second kappa shape index (κ2) is 40.4. The molecule has 1 unspecified atom stereocenters. The Bertz CT molecular complexity index is 648. The summed E-state index contributed by atoms with van der Waals surface area (Å²) >= 11 is 0. The minimum absolute atomic E-state index is 0.0218. The molecule has 4 heteroatoms. The maximum atomic E-state index is 12.7. The Hall–Kier alpha value is -1.06. The van der Waals surface area contributed by atoms with Crippen molar-refractivity contribution in [3.05, 3.63) is 0 Å². The van der Waals surface area contributed by atoms with Crippen LogP contribution in [0.3, 0.4) is 0 Å². The van der Waals surface area contributed by atoms with Crippen molar-refractivity contribution in [1.29, 1.82) is 0 Å². The molecule has 1 N–H and O–H groups in total. The zero-order valence-corrected chi connectivity index (χ0v) is 32.8. The second-order valence-electron chi connectivity index (χ2n) is 15.3. The van der Waals surface area contributed by atoms with Crippen molar-refractivity contribution in [2.24, 2.45) is 0 Å². The van der Waals surface area contributed by atoms with E-state index < -0.39 is 5.97 Å². The van der Waals surface area contributed by atoms with Crippen LogP contribution in [-0.4, -0.2) is 23.1 Å². The molecule has 0 aromatic rings. The second-order valence-corrected chi connectivity index (χ2v) is 15.3. The van der Waals surface area contributed by atoms with E-state index in [1.165, 1.54) is 173 Å². The summed E-state index contributed by atoms with van der Waals surface area (Å²) in [5.74, 6) is -0.666. The van der Waals surface area contributed by atoms with Gasteiger partial charge in [-0.15, -0.1) is 0 Å². The molecule has 0 saturated carbocycles. The lowest BCUT2D eigenvalue weighted by Crippen LogP contribution is -2.18. The lowest BCUT2D eigenvalue weighted by molar-refractivity contribution is -0.150. The number of aliphatic carboxylic acids is 1. The summed E-state index contributed by atoms with van der Waals surface area (Å²) in [7, 11) is 0. The highest BCUT2D eigenvalue weighted by Gasteiger charge is 2.14. The Balaban J connectivity index is 3.96. The Labute approximate surface area is 301 Å². The zero-order chi connectivity index (χ0) is 35.0. The molecule has 0 bridgehead atoms. The summed E-state index contributed by atoms with van der Waals surface area (Å²) in [6.45, 7) is 4.57. The van der Waals surface area contributed by atoms with Gasteiger partial charge in [-0.1, -0.05) is 213 Å². The molecule has 0 rings (SSSR count). The van der Waals surface area contributed by atoms with Crippen LogP contribution in [-0.2, 0) is 14.3 Å². The molecule has 48 heavy (non-hydrogen) atoms. The van der Waals surface area contributed by atoms with Crippen LogP contribution in [0.25, 0.3) is 0 Å². The van der Waals surface area contributed by atoms with E-state index in [1.807, 2.05) is 0 Å². The molecule has 0 heterocycles. The van der Waals surface area contributed by atoms with Gasteiger partial charge in [0, 0.05) is 12.8 Å². The van der Waals surface area contributed by atoms with Crippen LogP contribution in [0.15, 0.2) is 0 Å². The molecule has 0 aromatic heterocycles. The summed E-state index contributed by atoms with van der Waals surface area (Å²) in [4.78, 5) is 23.4. The highest BCUT2D eigenvalue weighted by molar-refractivity contribution is 5.69. The molecule has 0 fully saturated rings. The largest absolute Gasteiger partial charge is 0.481 e. The third-order valence-corrected chi connectivity index (χ3v) is 10.3. The number of carbonyl (C=O) groups is 2. The van der Waals surface area contributed by atoms with Crippen molar-refractivity contribution in [3.63, 3.8) is 0 Å². The van der Waals surface area contributed by atoms with Crippen molar-refractivity contribution >= 4 is 11.9 Å². The Morgan fingerprint density at radius 2 is 0.625 bits per heavy atom. The highest BCUT2D eigenvalue weighted by atomic mass is 16.5. The quantitative estimate of drug-likeness (QED) is 0.0516. The van der Waals surface area contributed by atoms with E-state index in [2.05, 4.69) is 13.8 Å². The Kier molecular flexibility index (Phi) is 39.5. The van der Waals surface area contributed by atoms with Crippen molar-refractivity contribution in [1.82, 2.24) is 0 Å². The van der Waals surface area contributed by atoms with Gasteiger partial charge in [-0.2, -0.15) is 0 Å². The van der Waals surface area contributed by atoms with Crippen LogP contribution in [0.2, 0.25) is 0 Å². The molecule has 286 valence electrons. The lowest BCUT2D eigenvalue weighted by Gasteiger charge is -2.18. The van der Waals surface area contributed by atoms with E-state index in [4.69, 9.17) is 9.84 Å². The number of rotatable bonds is 41. The standard InChI is InChI=1S/C44H86O4/c1-3-5-7-9-11-13-15-17-18-19-20-21-23-25-27-33-37-41-44(47)48-42(39-35-31-28-29-32-36-40-43(45)46)38-34-30-26-24-22-16-14-12-10-8-6-4-2/h42H,3-41H2,1-2H3,(H,45,46). The van der Waals surface area contributed by atoms with E-state index in [-0.39, 0.29) is 18.5 Å². The fraction of sp³-hybridized carbons (Fsp3) is 0.955. The number of carboxylic acid groups (broad SMARTS) is 1. The van der Waals surface area contributed by atoms with Gasteiger partial charge in [-0.3, -0.25) is 9.59 Å². The molecule has 0 spiro atoms. The molecule has 0 saturated heterocycles. The first-order chi connectivity index (χ1) is 23.6. The topological polar surface area (TPSA) is 63.6 Å². The number of unbranched alkanes of at least 4 members (excludes halogenated alkanes) is 32. The SMILES string of the molecule is CCCCCCCCCCCCCCCCCCCC(=O)OC(CCCCCCCCCCCCCC)CCCCCCCCC(=O)O. The van der Waals surface area contributed by atoms with Crippen molar-refractivity contribution in [2.75, 3.05) is 0 Å². The van der Waals surface area contributed by atoms with Gasteiger partial charge in [0.05, 0.1) is 0 Å². The van der Waals surface area contributed by atoms with Gasteiger partial charge < -0.3 is 9.84 Å². The van der Waals surface area contributed by atoms with Gasteiger partial charge in [0.2, 0.25) is 0 Å². The molecule has 0 aliphatic carbocycles. The third kappa shape index (κ3) is 39.4. The molecular formula is C44H86O4. The predicted molar refractivity (Wildman–Crippen MR) is 209 cm³/mol. The fourth-order valence-electron chi connectivity index (χ4n) is 7.07. The van der Waals surface area contributed by atoms with Gasteiger partial charge in [-0.25, -0.2) is 0 Å². The maximum Gasteiger partial charge on any atom is 0.306 e. The predicted octanol–water partition coefficient (Wildman–Crippen LogP) is 15.2. The van der Waals surface area contributed by atoms with Crippen LogP contribution in [0, 0.1) is 0 Å². The number of hydrogen-bond acceptors (Lipinski definition) is 3. The van der Waals surface area contributed by atoms with Gasteiger partial charge in [0.15, 0.2) is 0 Å². The maximum absolute atomic E-state index is 12.7. The smallest absolute Gasteiger partial charge is 0.306 e. The zero-order valence-electron chi connectivity index (χ0n) is 32.8. The summed E-state index contributed by atoms with van der Waals surface area (Å²) in [6, 6.07) is 0. The molecule has 0 amide bonds. The van der Waals surface area contributed by atoms with Gasteiger partial charge >= 0.3 is 11.9 Å². The minimum atomic E-state index is -0.688. The molecule has 4 nitrogen and oxygen atoms in total. The van der Waals surface area contributed by atoms with Crippen molar-refractivity contribution in [3.8, 4) is 0 Å². The fourth-order valence-corrected chi connectivity index (χ4v) is 7.07. The summed E-state index contributed by atoms with van der Waals surface area (Å²) in [6.07, 6.45) is 48.5. The van der Waals surface area contributed by atoms with E-state index in [0.29, 0.717) is 6.42 Å². The molecule has 0 aromatic carbocycles. The number of ether oxygens (including phenoxy) is 1. The van der Waals surface area contributed by atoms with Crippen LogP contribution in [0.1, 0.15) is 264 Å². The normalized spacial score (nSPS) is 12.0. The van der Waals surface area contributed by atoms with Crippen molar-refractivity contribution < 1.29 is 19.4 Å². The van der Waals surface area contributed by atoms with E-state index in [9.17, 15) is 9.59 Å². The van der Waals surface area contributed by atoms with Crippen LogP contribution >= 0.6 is 0 Å². The lowest BCUT2D eigenvalue weighted by atomic mass is 10.0. The third-order valence-electron chi connectivity index (χ3n) is 10.3. The number of carboxylic acids is 1. The monoisotopic (exact) mass is 679 g/mol. The molecule has 0 radical (unpaired) electrons. The van der Waals surface area contributed by atoms with Gasteiger partial charge in [0.25, 0.3) is 0 Å². The average molecular weight is 679 g/mol. The highest BCUT2D eigenvalue weighted by Crippen LogP contribution is 2.20. The first-order valence-corrected chi connectivity index (χ1v) is 22.0. The Morgan fingerprint density at radius 1 is 0.375 bits per heavy atom. The molecule has 1 atom stereocenters. The number of esters is 1. The summed E-state index contributed by atoms with van der Waals surface area (Å²) in [5.41, 5.74) is 0. The van der Waals surface area contributed by atoms with E-state index in [0.717, 1.165) is 64.2 Å². The first-order valence-electron chi connectivity index (χ1n) is 22.0. The average Bonchev–Trinajstić information content (AvgIpc) is 3.07. The minimum Gasteiger partial charge on any atom is -0.481 e. The van der Waals surface area contributed by atoms with E-state index in [1.54, 1.807) is 0 Å². The van der Waals surface area contributed by atoms with Crippen LogP contribution in [0.4, 0.5) is 0 Å². The number of hydrogen-bond donors (Lipinski definition) is 1. The van der Waals surface area contributed by atoms with Crippen LogP contribution in [0.5, 0.6) is 0 Å². The van der Waals surface area contributed by atoms with Gasteiger partial charge in [-0.05, 0) is 38.5 Å². The summed E-state index contributed by atoms with van der Waals surface area (Å²) < 4.78 is 6.05. The Morgan fingerprint density at radius 3 is 0.917 bits per heavy atom. The summed E-state index contributed by atoms with van der Waals surface area (Å²) in [5, 5.41) is 8.81. The molecule has 0 aliphatic rings. The van der Waals surface area contributed by atoms with E-state index >= 15 is 0 Å². The van der Waals surface area contributed by atoms with Gasteiger partial charge in [0.1, 0.15) is 6.10 Å². The number of carbonyl (C=O) groups excluding carboxylic acids is 1. The molecule has 0 aliphatic heterocycles. The molecular weight excluding hydrogens is 592 g/mol. The van der Waals surface area contributed by atoms with Crippen LogP contribution < -0.4 is 0 Å². The first kappa shape index (κ1) is 46.9.